The normalized spacial score (nSPS) is 13.8. The monoisotopic (exact) mass is 516 g/mol. The van der Waals surface area contributed by atoms with Crippen LogP contribution in [0.5, 0.6) is 0 Å². The van der Waals surface area contributed by atoms with Gasteiger partial charge in [-0.3, -0.25) is 0 Å². The van der Waals surface area contributed by atoms with Gasteiger partial charge in [0.25, 0.3) is 0 Å². The van der Waals surface area contributed by atoms with Gasteiger partial charge in [0.15, 0.2) is 0 Å². The van der Waals surface area contributed by atoms with Crippen LogP contribution in [-0.2, 0) is 25.6 Å². The molecule has 1 aliphatic heterocycles. The first-order chi connectivity index (χ1) is 18.3. The maximum absolute atomic E-state index is 13.1. The van der Waals surface area contributed by atoms with Crippen LogP contribution in [-0.4, -0.2) is 31.3 Å². The number of aromatic amines is 1. The van der Waals surface area contributed by atoms with E-state index in [-0.39, 0.29) is 5.95 Å². The van der Waals surface area contributed by atoms with Gasteiger partial charge in [-0.1, -0.05) is 37.3 Å². The molecule has 0 saturated heterocycles. The lowest BCUT2D eigenvalue weighted by Gasteiger charge is -2.27. The zero-order valence-electron chi connectivity index (χ0n) is 21.4. The van der Waals surface area contributed by atoms with E-state index in [1.54, 1.807) is 0 Å². The third-order valence-corrected chi connectivity index (χ3v) is 7.38. The Morgan fingerprint density at radius 1 is 1.00 bits per heavy atom. The predicted octanol–water partition coefficient (Wildman–Crippen LogP) is 6.57. The second kappa shape index (κ2) is 9.01. The van der Waals surface area contributed by atoms with Gasteiger partial charge < -0.3 is 9.88 Å². The van der Waals surface area contributed by atoms with Gasteiger partial charge >= 0.3 is 6.18 Å². The van der Waals surface area contributed by atoms with Crippen molar-refractivity contribution >= 4 is 16.9 Å². The Morgan fingerprint density at radius 2 is 1.74 bits per heavy atom. The Hall–Kier alpha value is -4.14. The van der Waals surface area contributed by atoms with Crippen LogP contribution in [0.2, 0.25) is 0 Å². The van der Waals surface area contributed by atoms with Crippen molar-refractivity contribution < 1.29 is 13.2 Å². The Balaban J connectivity index is 1.53. The molecule has 0 fully saturated rings. The summed E-state index contributed by atoms with van der Waals surface area (Å²) in [7, 11) is 0. The molecular weight excluding hydrogens is 489 g/mol. The van der Waals surface area contributed by atoms with Crippen molar-refractivity contribution in [3.8, 4) is 16.9 Å². The van der Waals surface area contributed by atoms with Crippen molar-refractivity contribution in [1.82, 2.24) is 24.7 Å². The minimum absolute atomic E-state index is 0.280. The third-order valence-electron chi connectivity index (χ3n) is 7.38. The fraction of sp³-hybridized carbons (Fsp3) is 0.276. The van der Waals surface area contributed by atoms with Crippen molar-refractivity contribution in [2.75, 3.05) is 11.4 Å². The number of aromatic nitrogens is 5. The van der Waals surface area contributed by atoms with Gasteiger partial charge in [-0.25, -0.2) is 14.6 Å². The lowest BCUT2D eigenvalue weighted by Crippen LogP contribution is -2.31. The molecule has 3 aromatic heterocycles. The van der Waals surface area contributed by atoms with E-state index in [1.807, 2.05) is 17.2 Å². The van der Waals surface area contributed by atoms with Crippen LogP contribution in [0.1, 0.15) is 40.4 Å². The molecule has 4 heterocycles. The third kappa shape index (κ3) is 3.93. The van der Waals surface area contributed by atoms with E-state index < -0.39 is 11.7 Å². The van der Waals surface area contributed by atoms with Crippen molar-refractivity contribution in [2.45, 2.75) is 46.3 Å². The molecule has 0 unspecified atom stereocenters. The number of aryl methyl sites for hydroxylation is 3. The SMILES string of the molecule is CCc1ccc(-c2c3c(nn2-c2c(C)cccc2C)CCN(c2ncc(C(F)(F)F)cn2)C3)c2cc[nH]c12. The maximum Gasteiger partial charge on any atom is 0.419 e. The summed E-state index contributed by atoms with van der Waals surface area (Å²) in [5, 5.41) is 6.23. The number of nitrogens with zero attached hydrogens (tertiary/aromatic N) is 5. The number of rotatable bonds is 4. The molecule has 5 aromatic rings. The second-order valence-corrected chi connectivity index (χ2v) is 9.76. The summed E-state index contributed by atoms with van der Waals surface area (Å²) in [6, 6.07) is 12.6. The number of para-hydroxylation sites is 1. The quantitative estimate of drug-likeness (QED) is 0.293. The maximum atomic E-state index is 13.1. The summed E-state index contributed by atoms with van der Waals surface area (Å²) in [5.41, 5.74) is 8.82. The molecule has 9 heteroatoms. The molecule has 1 aliphatic rings. The van der Waals surface area contributed by atoms with Crippen LogP contribution in [0, 0.1) is 13.8 Å². The zero-order chi connectivity index (χ0) is 26.6. The second-order valence-electron chi connectivity index (χ2n) is 9.76. The molecule has 0 saturated carbocycles. The first kappa shape index (κ1) is 24.2. The van der Waals surface area contributed by atoms with Gasteiger partial charge in [-0.2, -0.15) is 18.3 Å². The molecule has 0 radical (unpaired) electrons. The summed E-state index contributed by atoms with van der Waals surface area (Å²) in [4.78, 5) is 13.5. The highest BCUT2D eigenvalue weighted by atomic mass is 19.4. The highest BCUT2D eigenvalue weighted by Gasteiger charge is 2.33. The van der Waals surface area contributed by atoms with E-state index >= 15 is 0 Å². The Morgan fingerprint density at radius 3 is 2.42 bits per heavy atom. The van der Waals surface area contributed by atoms with Crippen LogP contribution >= 0.6 is 0 Å². The number of hydrogen-bond donors (Lipinski definition) is 1. The summed E-state index contributed by atoms with van der Waals surface area (Å²) in [6.07, 6.45) is 0.734. The number of H-pyrrole nitrogens is 1. The van der Waals surface area contributed by atoms with Gasteiger partial charge in [-0.15, -0.1) is 0 Å². The van der Waals surface area contributed by atoms with E-state index in [2.05, 4.69) is 70.7 Å². The predicted molar refractivity (Wildman–Crippen MR) is 141 cm³/mol. The zero-order valence-corrected chi connectivity index (χ0v) is 21.4. The summed E-state index contributed by atoms with van der Waals surface area (Å²) < 4.78 is 41.3. The van der Waals surface area contributed by atoms with E-state index in [9.17, 15) is 13.2 Å². The van der Waals surface area contributed by atoms with E-state index in [0.717, 1.165) is 69.0 Å². The molecule has 0 amide bonds. The van der Waals surface area contributed by atoms with E-state index in [4.69, 9.17) is 5.10 Å². The van der Waals surface area contributed by atoms with Crippen LogP contribution < -0.4 is 4.90 Å². The largest absolute Gasteiger partial charge is 0.419 e. The average Bonchev–Trinajstić information content (AvgIpc) is 3.53. The molecule has 38 heavy (non-hydrogen) atoms. The molecule has 1 N–H and O–H groups in total. The summed E-state index contributed by atoms with van der Waals surface area (Å²) in [5.74, 6) is 0.280. The number of hydrogen-bond acceptors (Lipinski definition) is 4. The molecule has 6 nitrogen and oxygen atoms in total. The van der Waals surface area contributed by atoms with E-state index in [1.165, 1.54) is 5.56 Å². The van der Waals surface area contributed by atoms with Gasteiger partial charge in [0.05, 0.1) is 22.6 Å². The molecule has 6 rings (SSSR count). The number of alkyl halides is 3. The van der Waals surface area contributed by atoms with Crippen LogP contribution in [0.25, 0.3) is 27.8 Å². The summed E-state index contributed by atoms with van der Waals surface area (Å²) in [6.45, 7) is 7.32. The fourth-order valence-electron chi connectivity index (χ4n) is 5.47. The van der Waals surface area contributed by atoms with Gasteiger partial charge in [0, 0.05) is 60.1 Å². The number of anilines is 1. The Bertz CT molecular complexity index is 1630. The van der Waals surface area contributed by atoms with Gasteiger partial charge in [0.1, 0.15) is 0 Å². The minimum Gasteiger partial charge on any atom is -0.361 e. The number of fused-ring (bicyclic) bond motifs is 2. The highest BCUT2D eigenvalue weighted by molar-refractivity contribution is 5.97. The summed E-state index contributed by atoms with van der Waals surface area (Å²) >= 11 is 0. The first-order valence-corrected chi connectivity index (χ1v) is 12.7. The van der Waals surface area contributed by atoms with Crippen LogP contribution in [0.3, 0.4) is 0 Å². The number of halogens is 3. The average molecular weight is 517 g/mol. The topological polar surface area (TPSA) is 62.6 Å². The molecule has 194 valence electrons. The molecule has 0 atom stereocenters. The standard InChI is InChI=1S/C29H27F3N6/c1-4-19-8-9-22(21-10-12-33-25(19)21)27-23-16-37(28-34-14-20(15-35-28)29(30,31)32)13-11-24(23)36-38(27)26-17(2)6-5-7-18(26)3/h5-10,12,14-15,33H,4,11,13,16H2,1-3H3. The number of benzene rings is 2. The molecule has 0 bridgehead atoms. The minimum atomic E-state index is -4.47. The molecule has 0 spiro atoms. The highest BCUT2D eigenvalue weighted by Crippen LogP contribution is 2.39. The molecule has 2 aromatic carbocycles. The van der Waals surface area contributed by atoms with Crippen LogP contribution in [0.15, 0.2) is 55.0 Å². The Kier molecular flexibility index (Phi) is 5.74. The van der Waals surface area contributed by atoms with E-state index in [0.29, 0.717) is 19.5 Å². The number of nitrogens with one attached hydrogen (secondary N) is 1. The molecule has 0 aliphatic carbocycles. The van der Waals surface area contributed by atoms with Crippen molar-refractivity contribution in [3.63, 3.8) is 0 Å². The van der Waals surface area contributed by atoms with Crippen molar-refractivity contribution in [1.29, 1.82) is 0 Å². The fourth-order valence-corrected chi connectivity index (χ4v) is 5.47. The first-order valence-electron chi connectivity index (χ1n) is 12.7. The lowest BCUT2D eigenvalue weighted by atomic mass is 9.96. The Labute approximate surface area is 218 Å². The smallest absolute Gasteiger partial charge is 0.361 e. The van der Waals surface area contributed by atoms with Crippen molar-refractivity contribution in [3.05, 3.63) is 88.5 Å². The lowest BCUT2D eigenvalue weighted by molar-refractivity contribution is -0.138. The molecular formula is C29H27F3N6. The van der Waals surface area contributed by atoms with Gasteiger partial charge in [0.2, 0.25) is 5.95 Å². The van der Waals surface area contributed by atoms with Crippen LogP contribution in [0.4, 0.5) is 19.1 Å². The van der Waals surface area contributed by atoms with Gasteiger partial charge in [-0.05, 0) is 43.0 Å². The van der Waals surface area contributed by atoms with Crippen molar-refractivity contribution in [2.24, 2.45) is 0 Å².